The van der Waals surface area contributed by atoms with Crippen LogP contribution >= 0.6 is 11.5 Å². The highest BCUT2D eigenvalue weighted by atomic mass is 32.1. The highest BCUT2D eigenvalue weighted by molar-refractivity contribution is 7.11. The van der Waals surface area contributed by atoms with E-state index in [9.17, 15) is 4.79 Å². The molecule has 6 nitrogen and oxygen atoms in total. The first-order chi connectivity index (χ1) is 7.02. The van der Waals surface area contributed by atoms with Crippen molar-refractivity contribution in [1.82, 2.24) is 9.27 Å². The Hall–Kier alpha value is -1.34. The molecule has 0 fully saturated rings. The van der Waals surface area contributed by atoms with Crippen LogP contribution < -0.4 is 16.8 Å². The van der Waals surface area contributed by atoms with Crippen molar-refractivity contribution in [2.45, 2.75) is 0 Å². The van der Waals surface area contributed by atoms with Gasteiger partial charge in [-0.1, -0.05) is 0 Å². The van der Waals surface area contributed by atoms with Gasteiger partial charge in [0, 0.05) is 13.1 Å². The predicted molar refractivity (Wildman–Crippen MR) is 62.1 cm³/mol. The van der Waals surface area contributed by atoms with Crippen LogP contribution in [-0.2, 0) is 0 Å². The Morgan fingerprint density at radius 1 is 1.60 bits per heavy atom. The molecule has 0 unspecified atom stereocenters. The highest BCUT2D eigenvalue weighted by Gasteiger charge is 2.15. The number of amides is 1. The molecule has 0 aliphatic carbocycles. The molecule has 0 radical (unpaired) electrons. The number of anilines is 2. The van der Waals surface area contributed by atoms with E-state index in [-0.39, 0.29) is 5.82 Å². The van der Waals surface area contributed by atoms with E-state index >= 15 is 0 Å². The summed E-state index contributed by atoms with van der Waals surface area (Å²) < 4.78 is 3.88. The van der Waals surface area contributed by atoms with Gasteiger partial charge in [0.1, 0.15) is 10.6 Å². The van der Waals surface area contributed by atoms with Crippen LogP contribution in [0.2, 0.25) is 0 Å². The summed E-state index contributed by atoms with van der Waals surface area (Å²) in [6.07, 6.45) is 0. The van der Waals surface area contributed by atoms with Gasteiger partial charge < -0.3 is 21.7 Å². The summed E-state index contributed by atoms with van der Waals surface area (Å²) in [6.45, 7) is 1.57. The van der Waals surface area contributed by atoms with Crippen LogP contribution in [0.1, 0.15) is 10.4 Å². The standard InChI is InChI=1S/C8H15N5OS/c1-13(2)4-3-11-8-5(7(10)14)6(9)12-15-8/h11H,3-4H2,1-2H3,(H2,9,12)(H2,10,14). The smallest absolute Gasteiger partial charge is 0.255 e. The third kappa shape index (κ3) is 3.07. The van der Waals surface area contributed by atoms with Gasteiger partial charge in [-0.3, -0.25) is 4.79 Å². The van der Waals surface area contributed by atoms with Gasteiger partial charge in [-0.2, -0.15) is 4.37 Å². The first-order valence-corrected chi connectivity index (χ1v) is 5.23. The SMILES string of the molecule is CN(C)CCNc1snc(N)c1C(N)=O. The Labute approximate surface area is 92.4 Å². The minimum Gasteiger partial charge on any atom is -0.382 e. The topological polar surface area (TPSA) is 97.3 Å². The summed E-state index contributed by atoms with van der Waals surface area (Å²) in [5, 5.41) is 3.72. The van der Waals surface area contributed by atoms with Crippen molar-refractivity contribution in [3.8, 4) is 0 Å². The lowest BCUT2D eigenvalue weighted by molar-refractivity contribution is 0.100. The molecule has 1 amide bonds. The molecular formula is C8H15N5OS. The van der Waals surface area contributed by atoms with Gasteiger partial charge in [0.2, 0.25) is 0 Å². The molecule has 7 heteroatoms. The molecule has 0 spiro atoms. The van der Waals surface area contributed by atoms with Crippen LogP contribution in [0, 0.1) is 0 Å². The first-order valence-electron chi connectivity index (χ1n) is 4.46. The van der Waals surface area contributed by atoms with Crippen molar-refractivity contribution in [1.29, 1.82) is 0 Å². The number of carbonyl (C=O) groups is 1. The second-order valence-corrected chi connectivity index (χ2v) is 4.14. The fraction of sp³-hybridized carbons (Fsp3) is 0.500. The summed E-state index contributed by atoms with van der Waals surface area (Å²) in [5.74, 6) is -0.353. The van der Waals surface area contributed by atoms with E-state index in [0.717, 1.165) is 24.6 Å². The van der Waals surface area contributed by atoms with E-state index in [1.165, 1.54) is 0 Å². The van der Waals surface area contributed by atoms with Gasteiger partial charge >= 0.3 is 0 Å². The maximum Gasteiger partial charge on any atom is 0.255 e. The lowest BCUT2D eigenvalue weighted by Gasteiger charge is -2.10. The third-order valence-electron chi connectivity index (χ3n) is 1.81. The number of aromatic nitrogens is 1. The Kier molecular flexibility index (Phi) is 3.87. The molecule has 84 valence electrons. The van der Waals surface area contributed by atoms with Crippen LogP contribution in [0.4, 0.5) is 10.8 Å². The summed E-state index contributed by atoms with van der Waals surface area (Å²) >= 11 is 1.15. The van der Waals surface area contributed by atoms with Crippen LogP contribution in [0.5, 0.6) is 0 Å². The van der Waals surface area contributed by atoms with Gasteiger partial charge in [0.25, 0.3) is 5.91 Å². The van der Waals surface area contributed by atoms with Crippen molar-refractivity contribution in [2.24, 2.45) is 5.73 Å². The first kappa shape index (κ1) is 11.7. The van der Waals surface area contributed by atoms with Crippen molar-refractivity contribution < 1.29 is 4.79 Å². The molecule has 5 N–H and O–H groups in total. The minimum absolute atomic E-state index is 0.194. The number of nitrogens with two attached hydrogens (primary N) is 2. The van der Waals surface area contributed by atoms with Crippen molar-refractivity contribution in [3.05, 3.63) is 5.56 Å². The monoisotopic (exact) mass is 229 g/mol. The Bertz CT molecular complexity index is 349. The van der Waals surface area contributed by atoms with E-state index in [1.807, 2.05) is 19.0 Å². The number of nitrogen functional groups attached to an aromatic ring is 1. The number of likely N-dealkylation sites (N-methyl/N-ethyl adjacent to an activating group) is 1. The maximum atomic E-state index is 11.1. The average Bonchev–Trinajstić information content (AvgIpc) is 2.46. The number of hydrogen-bond acceptors (Lipinski definition) is 6. The third-order valence-corrected chi connectivity index (χ3v) is 2.63. The van der Waals surface area contributed by atoms with Crippen LogP contribution in [0.3, 0.4) is 0 Å². The molecule has 1 aromatic heterocycles. The molecule has 0 saturated heterocycles. The van der Waals surface area contributed by atoms with Gasteiger partial charge in [-0.05, 0) is 25.6 Å². The van der Waals surface area contributed by atoms with E-state index in [0.29, 0.717) is 10.6 Å². The molecule has 15 heavy (non-hydrogen) atoms. The van der Waals surface area contributed by atoms with Crippen molar-refractivity contribution >= 4 is 28.3 Å². The molecule has 0 atom stereocenters. The number of carbonyl (C=O) groups excluding carboxylic acids is 1. The lowest BCUT2D eigenvalue weighted by atomic mass is 10.3. The fourth-order valence-corrected chi connectivity index (χ4v) is 1.80. The minimum atomic E-state index is -0.548. The summed E-state index contributed by atoms with van der Waals surface area (Å²) in [6, 6.07) is 0. The Morgan fingerprint density at radius 2 is 2.27 bits per heavy atom. The summed E-state index contributed by atoms with van der Waals surface area (Å²) in [5.41, 5.74) is 11.0. The number of nitrogens with one attached hydrogen (secondary N) is 1. The summed E-state index contributed by atoms with van der Waals surface area (Å²) in [4.78, 5) is 13.1. The fourth-order valence-electron chi connectivity index (χ4n) is 1.05. The second-order valence-electron chi connectivity index (χ2n) is 3.37. The molecule has 1 heterocycles. The van der Waals surface area contributed by atoms with E-state index < -0.39 is 5.91 Å². The van der Waals surface area contributed by atoms with Crippen LogP contribution in [-0.4, -0.2) is 42.4 Å². The second kappa shape index (κ2) is 4.94. The Morgan fingerprint density at radius 3 is 2.80 bits per heavy atom. The highest BCUT2D eigenvalue weighted by Crippen LogP contribution is 2.25. The molecular weight excluding hydrogens is 214 g/mol. The molecule has 0 aliphatic heterocycles. The van der Waals surface area contributed by atoms with Gasteiger partial charge in [-0.15, -0.1) is 0 Å². The van der Waals surface area contributed by atoms with Gasteiger partial charge in [0.05, 0.1) is 0 Å². The number of rotatable bonds is 5. The Balaban J connectivity index is 2.65. The molecule has 1 aromatic rings. The molecule has 0 bridgehead atoms. The van der Waals surface area contributed by atoms with E-state index in [2.05, 4.69) is 9.69 Å². The molecule has 1 rings (SSSR count). The van der Waals surface area contributed by atoms with Crippen LogP contribution in [0.25, 0.3) is 0 Å². The van der Waals surface area contributed by atoms with Crippen LogP contribution in [0.15, 0.2) is 0 Å². The normalized spacial score (nSPS) is 10.6. The maximum absolute atomic E-state index is 11.1. The van der Waals surface area contributed by atoms with Gasteiger partial charge in [-0.25, -0.2) is 0 Å². The summed E-state index contributed by atoms with van der Waals surface area (Å²) in [7, 11) is 3.94. The zero-order valence-electron chi connectivity index (χ0n) is 8.78. The predicted octanol–water partition coefficient (Wildman–Crippen LogP) is -0.202. The molecule has 0 saturated carbocycles. The largest absolute Gasteiger partial charge is 0.382 e. The number of primary amides is 1. The molecule has 0 aliphatic rings. The lowest BCUT2D eigenvalue weighted by Crippen LogP contribution is -2.22. The number of nitrogens with zero attached hydrogens (tertiary/aromatic N) is 2. The van der Waals surface area contributed by atoms with E-state index in [1.54, 1.807) is 0 Å². The van der Waals surface area contributed by atoms with Crippen molar-refractivity contribution in [2.75, 3.05) is 38.2 Å². The van der Waals surface area contributed by atoms with Gasteiger partial charge in [0.15, 0.2) is 5.82 Å². The molecule has 0 aromatic carbocycles. The average molecular weight is 229 g/mol. The number of hydrogen-bond donors (Lipinski definition) is 3. The van der Waals surface area contributed by atoms with E-state index in [4.69, 9.17) is 11.5 Å². The zero-order valence-corrected chi connectivity index (χ0v) is 9.60. The van der Waals surface area contributed by atoms with Crippen molar-refractivity contribution in [3.63, 3.8) is 0 Å². The quantitative estimate of drug-likeness (QED) is 0.649. The zero-order chi connectivity index (χ0) is 11.4.